The molecule has 238 valence electrons. The average molecular weight is 565 g/mol. The predicted molar refractivity (Wildman–Crippen MR) is 176 cm³/mol. The van der Waals surface area contributed by atoms with Crippen molar-refractivity contribution in [2.45, 2.75) is 213 Å². The van der Waals surface area contributed by atoms with Crippen molar-refractivity contribution in [1.82, 2.24) is 10.6 Å². The summed E-state index contributed by atoms with van der Waals surface area (Å²) in [4.78, 5) is 23.9. The fraction of sp³-hybridized carbons (Fsp3) is 0.944. The van der Waals surface area contributed by atoms with Gasteiger partial charge in [-0.3, -0.25) is 10.1 Å². The van der Waals surface area contributed by atoms with Gasteiger partial charge in [-0.1, -0.05) is 194 Å². The Bertz CT molecular complexity index is 523. The number of unbranched alkanes of at least 4 members (excludes halogenated alkanes) is 28. The minimum atomic E-state index is -0.323. The van der Waals surface area contributed by atoms with E-state index in [1.54, 1.807) is 0 Å². The van der Waals surface area contributed by atoms with Gasteiger partial charge in [-0.15, -0.1) is 0 Å². The smallest absolute Gasteiger partial charge is 0.321 e. The Hall–Kier alpha value is -1.06. The zero-order valence-electron chi connectivity index (χ0n) is 27.4. The van der Waals surface area contributed by atoms with Gasteiger partial charge >= 0.3 is 6.03 Å². The van der Waals surface area contributed by atoms with E-state index in [1.165, 1.54) is 167 Å². The van der Waals surface area contributed by atoms with Crippen LogP contribution in [-0.2, 0) is 4.79 Å². The summed E-state index contributed by atoms with van der Waals surface area (Å²) in [6, 6.07) is -0.323. The monoisotopic (exact) mass is 565 g/mol. The van der Waals surface area contributed by atoms with E-state index in [2.05, 4.69) is 24.5 Å². The molecule has 0 aromatic rings. The molecule has 0 aliphatic rings. The Balaban J connectivity index is 3.27. The highest BCUT2D eigenvalue weighted by atomic mass is 16.2. The van der Waals surface area contributed by atoms with Crippen LogP contribution in [0.2, 0.25) is 0 Å². The van der Waals surface area contributed by atoms with E-state index in [0.717, 1.165) is 25.7 Å². The molecule has 0 aromatic carbocycles. The molecule has 0 aliphatic carbocycles. The van der Waals surface area contributed by atoms with E-state index in [1.807, 2.05) is 0 Å². The highest BCUT2D eigenvalue weighted by Crippen LogP contribution is 2.15. The van der Waals surface area contributed by atoms with Gasteiger partial charge < -0.3 is 5.32 Å². The van der Waals surface area contributed by atoms with Crippen molar-refractivity contribution in [3.8, 4) is 0 Å². The second-order valence-electron chi connectivity index (χ2n) is 12.5. The van der Waals surface area contributed by atoms with Gasteiger partial charge in [-0.25, -0.2) is 4.79 Å². The first kappa shape index (κ1) is 38.9. The summed E-state index contributed by atoms with van der Waals surface area (Å²) in [6.07, 6.45) is 40.3. The molecule has 0 saturated carbocycles. The van der Waals surface area contributed by atoms with Crippen LogP contribution in [0.4, 0.5) is 4.79 Å². The van der Waals surface area contributed by atoms with Crippen LogP contribution < -0.4 is 10.6 Å². The maximum Gasteiger partial charge on any atom is 0.321 e. The van der Waals surface area contributed by atoms with Gasteiger partial charge in [0.1, 0.15) is 0 Å². The van der Waals surface area contributed by atoms with Crippen molar-refractivity contribution >= 4 is 11.9 Å². The van der Waals surface area contributed by atoms with Crippen molar-refractivity contribution in [3.63, 3.8) is 0 Å². The topological polar surface area (TPSA) is 58.2 Å². The Morgan fingerprint density at radius 1 is 0.375 bits per heavy atom. The fourth-order valence-electron chi connectivity index (χ4n) is 5.59. The molecule has 0 aliphatic heterocycles. The maximum atomic E-state index is 12.0. The third-order valence-corrected chi connectivity index (χ3v) is 8.33. The lowest BCUT2D eigenvalue weighted by Gasteiger charge is -2.07. The molecular formula is C36H72N2O2. The molecule has 0 heterocycles. The zero-order valence-corrected chi connectivity index (χ0v) is 27.4. The third-order valence-electron chi connectivity index (χ3n) is 8.33. The van der Waals surface area contributed by atoms with E-state index in [0.29, 0.717) is 13.0 Å². The highest BCUT2D eigenvalue weighted by molar-refractivity contribution is 5.94. The molecule has 4 heteroatoms. The molecule has 0 saturated heterocycles. The van der Waals surface area contributed by atoms with Crippen molar-refractivity contribution in [2.75, 3.05) is 6.54 Å². The summed E-state index contributed by atoms with van der Waals surface area (Å²) in [7, 11) is 0. The minimum Gasteiger partial charge on any atom is -0.338 e. The van der Waals surface area contributed by atoms with Crippen LogP contribution >= 0.6 is 0 Å². The van der Waals surface area contributed by atoms with Gasteiger partial charge in [0.2, 0.25) is 5.91 Å². The molecule has 0 bridgehead atoms. The van der Waals surface area contributed by atoms with Crippen LogP contribution in [0.15, 0.2) is 0 Å². The van der Waals surface area contributed by atoms with Crippen LogP contribution in [-0.4, -0.2) is 18.5 Å². The second kappa shape index (κ2) is 34.1. The van der Waals surface area contributed by atoms with Crippen LogP contribution in [0.1, 0.15) is 213 Å². The Morgan fingerprint density at radius 3 is 0.975 bits per heavy atom. The quantitative estimate of drug-likeness (QED) is 0.0798. The number of hydrogen-bond donors (Lipinski definition) is 2. The lowest BCUT2D eigenvalue weighted by molar-refractivity contribution is -0.120. The lowest BCUT2D eigenvalue weighted by atomic mass is 10.0. The zero-order chi connectivity index (χ0) is 29.2. The molecule has 4 nitrogen and oxygen atoms in total. The first-order chi connectivity index (χ1) is 19.7. The first-order valence-electron chi connectivity index (χ1n) is 18.3. The van der Waals surface area contributed by atoms with E-state index >= 15 is 0 Å². The molecule has 0 spiro atoms. The summed E-state index contributed by atoms with van der Waals surface area (Å²) in [5.74, 6) is -0.135. The molecule has 0 radical (unpaired) electrons. The summed E-state index contributed by atoms with van der Waals surface area (Å²) in [5.41, 5.74) is 0. The van der Waals surface area contributed by atoms with Gasteiger partial charge in [0, 0.05) is 13.0 Å². The van der Waals surface area contributed by atoms with Crippen LogP contribution in [0, 0.1) is 0 Å². The first-order valence-corrected chi connectivity index (χ1v) is 18.3. The van der Waals surface area contributed by atoms with Gasteiger partial charge in [0.15, 0.2) is 0 Å². The second-order valence-corrected chi connectivity index (χ2v) is 12.5. The molecule has 0 unspecified atom stereocenters. The molecule has 0 rings (SSSR count). The summed E-state index contributed by atoms with van der Waals surface area (Å²) in [6.45, 7) is 5.22. The molecule has 40 heavy (non-hydrogen) atoms. The van der Waals surface area contributed by atoms with E-state index in [4.69, 9.17) is 0 Å². The number of nitrogens with one attached hydrogen (secondary N) is 2. The molecule has 0 atom stereocenters. The Kier molecular flexibility index (Phi) is 33.2. The highest BCUT2D eigenvalue weighted by Gasteiger charge is 2.06. The summed E-state index contributed by atoms with van der Waals surface area (Å²) < 4.78 is 0. The van der Waals surface area contributed by atoms with Gasteiger partial charge in [-0.2, -0.15) is 0 Å². The molecule has 2 N–H and O–H groups in total. The largest absolute Gasteiger partial charge is 0.338 e. The molecule has 0 aromatic heterocycles. The van der Waals surface area contributed by atoms with Crippen LogP contribution in [0.25, 0.3) is 0 Å². The van der Waals surface area contributed by atoms with Crippen molar-refractivity contribution in [2.24, 2.45) is 0 Å². The average Bonchev–Trinajstić information content (AvgIpc) is 2.94. The number of carbonyl (C=O) groups excluding carboxylic acids is 2. The number of amides is 3. The Morgan fingerprint density at radius 2 is 0.650 bits per heavy atom. The van der Waals surface area contributed by atoms with E-state index < -0.39 is 0 Å². The number of rotatable bonds is 32. The number of carbonyl (C=O) groups is 2. The lowest BCUT2D eigenvalue weighted by Crippen LogP contribution is -2.39. The van der Waals surface area contributed by atoms with Crippen molar-refractivity contribution < 1.29 is 9.59 Å². The standard InChI is InChI=1S/C36H72N2O2/c1-3-5-7-9-11-13-15-17-19-21-23-25-27-29-31-33-35(39)38-36(40)37-34-32-30-28-26-24-22-20-18-16-14-12-10-8-6-4-2/h3-34H2,1-2H3,(H2,37,38,39,40). The maximum absolute atomic E-state index is 12.0. The van der Waals surface area contributed by atoms with E-state index in [-0.39, 0.29) is 11.9 Å². The third kappa shape index (κ3) is 33.1. The number of urea groups is 1. The van der Waals surface area contributed by atoms with Gasteiger partial charge in [0.25, 0.3) is 0 Å². The van der Waals surface area contributed by atoms with Gasteiger partial charge in [0.05, 0.1) is 0 Å². The van der Waals surface area contributed by atoms with E-state index in [9.17, 15) is 9.59 Å². The van der Waals surface area contributed by atoms with Crippen LogP contribution in [0.3, 0.4) is 0 Å². The SMILES string of the molecule is CCCCCCCCCCCCCCCCCNC(=O)NC(=O)CCCCCCCCCCCCCCCCC. The fourth-order valence-corrected chi connectivity index (χ4v) is 5.59. The number of hydrogen-bond acceptors (Lipinski definition) is 2. The summed E-state index contributed by atoms with van der Waals surface area (Å²) in [5, 5.41) is 5.34. The van der Waals surface area contributed by atoms with Gasteiger partial charge in [-0.05, 0) is 12.8 Å². The Labute approximate surface area is 251 Å². The predicted octanol–water partition coefficient (Wildman–Crippen LogP) is 11.9. The minimum absolute atomic E-state index is 0.135. The number of imide groups is 1. The van der Waals surface area contributed by atoms with Crippen LogP contribution in [0.5, 0.6) is 0 Å². The van der Waals surface area contributed by atoms with Crippen molar-refractivity contribution in [3.05, 3.63) is 0 Å². The van der Waals surface area contributed by atoms with Crippen molar-refractivity contribution in [1.29, 1.82) is 0 Å². The molecule has 3 amide bonds. The molecule has 0 fully saturated rings. The molecular weight excluding hydrogens is 492 g/mol. The summed E-state index contributed by atoms with van der Waals surface area (Å²) >= 11 is 0. The normalized spacial score (nSPS) is 11.2.